The number of esters is 1. The lowest BCUT2D eigenvalue weighted by molar-refractivity contribution is 0.0526. The lowest BCUT2D eigenvalue weighted by Crippen LogP contribution is -2.29. The van der Waals surface area contributed by atoms with E-state index < -0.39 is 0 Å². The second-order valence-electron chi connectivity index (χ2n) is 6.55. The summed E-state index contributed by atoms with van der Waals surface area (Å²) in [5.41, 5.74) is 4.12. The summed E-state index contributed by atoms with van der Waals surface area (Å²) >= 11 is 6.04. The second kappa shape index (κ2) is 6.57. The van der Waals surface area contributed by atoms with Crippen molar-refractivity contribution in [2.75, 3.05) is 11.9 Å². The highest BCUT2D eigenvalue weighted by molar-refractivity contribution is 6.30. The van der Waals surface area contributed by atoms with E-state index in [0.717, 1.165) is 17.1 Å². The highest BCUT2D eigenvalue weighted by Crippen LogP contribution is 2.50. The maximum absolute atomic E-state index is 12.1. The fourth-order valence-electron chi connectivity index (χ4n) is 3.94. The van der Waals surface area contributed by atoms with Crippen molar-refractivity contribution in [2.45, 2.75) is 25.3 Å². The molecular formula is C21H20ClNO2. The van der Waals surface area contributed by atoms with Crippen molar-refractivity contribution in [3.63, 3.8) is 0 Å². The molecule has 0 amide bonds. The zero-order chi connectivity index (χ0) is 17.4. The van der Waals surface area contributed by atoms with Crippen LogP contribution in [-0.2, 0) is 4.74 Å². The number of rotatable bonds is 3. The molecule has 2 aromatic carbocycles. The Morgan fingerprint density at radius 2 is 2.04 bits per heavy atom. The number of carbonyl (C=O) groups excluding carboxylic acids is 1. The van der Waals surface area contributed by atoms with Crippen LogP contribution < -0.4 is 5.32 Å². The summed E-state index contributed by atoms with van der Waals surface area (Å²) in [5, 5.41) is 4.42. The van der Waals surface area contributed by atoms with Gasteiger partial charge < -0.3 is 10.1 Å². The molecule has 4 heteroatoms. The normalized spacial score (nSPS) is 23.5. The maximum Gasteiger partial charge on any atom is 0.338 e. The van der Waals surface area contributed by atoms with Crippen LogP contribution in [0.3, 0.4) is 0 Å². The molecule has 0 bridgehead atoms. The molecule has 0 radical (unpaired) electrons. The van der Waals surface area contributed by atoms with Crippen molar-refractivity contribution < 1.29 is 9.53 Å². The van der Waals surface area contributed by atoms with Gasteiger partial charge in [0.05, 0.1) is 18.2 Å². The van der Waals surface area contributed by atoms with Gasteiger partial charge in [-0.2, -0.15) is 0 Å². The molecule has 25 heavy (non-hydrogen) atoms. The smallest absolute Gasteiger partial charge is 0.338 e. The Morgan fingerprint density at radius 1 is 1.24 bits per heavy atom. The monoisotopic (exact) mass is 353 g/mol. The van der Waals surface area contributed by atoms with Crippen LogP contribution in [0.1, 0.15) is 46.8 Å². The number of carbonyl (C=O) groups is 1. The van der Waals surface area contributed by atoms with Gasteiger partial charge in [-0.15, -0.1) is 0 Å². The summed E-state index contributed by atoms with van der Waals surface area (Å²) in [7, 11) is 0. The van der Waals surface area contributed by atoms with E-state index in [4.69, 9.17) is 16.3 Å². The first-order chi connectivity index (χ1) is 12.2. The average molecular weight is 354 g/mol. The minimum absolute atomic E-state index is 0.234. The van der Waals surface area contributed by atoms with Gasteiger partial charge in [0.1, 0.15) is 0 Å². The van der Waals surface area contributed by atoms with Crippen LogP contribution in [-0.4, -0.2) is 12.6 Å². The maximum atomic E-state index is 12.1. The third-order valence-electron chi connectivity index (χ3n) is 5.10. The molecule has 1 aliphatic carbocycles. The molecule has 1 N–H and O–H groups in total. The number of allylic oxidation sites excluding steroid dienone is 2. The fourth-order valence-corrected chi connectivity index (χ4v) is 4.06. The summed E-state index contributed by atoms with van der Waals surface area (Å²) in [4.78, 5) is 12.1. The number of fused-ring (bicyclic) bond motifs is 3. The average Bonchev–Trinajstić information content (AvgIpc) is 3.11. The minimum atomic E-state index is -0.261. The molecule has 2 aromatic rings. The van der Waals surface area contributed by atoms with Gasteiger partial charge >= 0.3 is 5.97 Å². The molecular weight excluding hydrogens is 334 g/mol. The Morgan fingerprint density at radius 3 is 2.80 bits per heavy atom. The van der Waals surface area contributed by atoms with E-state index in [9.17, 15) is 4.79 Å². The molecule has 1 aliphatic heterocycles. The SMILES string of the molecule is CCOC(=O)c1ccc2c(c1)[C@H]1C=CC[C@H]1[C@H](c1ccc(Cl)cc1)N2. The fraction of sp³-hybridized carbons (Fsp3) is 0.286. The Hall–Kier alpha value is -2.26. The molecule has 0 fully saturated rings. The summed E-state index contributed by atoms with van der Waals surface area (Å²) in [6.07, 6.45) is 5.53. The van der Waals surface area contributed by atoms with Gasteiger partial charge in [0.2, 0.25) is 0 Å². The number of halogens is 1. The van der Waals surface area contributed by atoms with Gasteiger partial charge in [0, 0.05) is 16.6 Å². The quantitative estimate of drug-likeness (QED) is 0.597. The number of nitrogens with one attached hydrogen (secondary N) is 1. The number of hydrogen-bond acceptors (Lipinski definition) is 3. The van der Waals surface area contributed by atoms with E-state index in [0.29, 0.717) is 24.0 Å². The number of hydrogen-bond donors (Lipinski definition) is 1. The van der Waals surface area contributed by atoms with Gasteiger partial charge in [-0.1, -0.05) is 35.9 Å². The van der Waals surface area contributed by atoms with Gasteiger partial charge in [-0.05, 0) is 60.7 Å². The molecule has 128 valence electrons. The highest BCUT2D eigenvalue weighted by Gasteiger charge is 2.38. The number of benzene rings is 2. The lowest BCUT2D eigenvalue weighted by atomic mass is 9.76. The van der Waals surface area contributed by atoms with Gasteiger partial charge in [0.25, 0.3) is 0 Å². The van der Waals surface area contributed by atoms with E-state index in [-0.39, 0.29) is 12.0 Å². The topological polar surface area (TPSA) is 38.3 Å². The first-order valence-corrected chi connectivity index (χ1v) is 9.05. The van der Waals surface area contributed by atoms with E-state index in [1.54, 1.807) is 0 Å². The van der Waals surface area contributed by atoms with E-state index in [1.807, 2.05) is 37.3 Å². The predicted octanol–water partition coefficient (Wildman–Crippen LogP) is 5.34. The van der Waals surface area contributed by atoms with Gasteiger partial charge in [-0.25, -0.2) is 4.79 Å². The molecule has 3 nitrogen and oxygen atoms in total. The van der Waals surface area contributed by atoms with Crippen molar-refractivity contribution in [1.82, 2.24) is 0 Å². The van der Waals surface area contributed by atoms with Gasteiger partial charge in [0.15, 0.2) is 0 Å². The summed E-state index contributed by atoms with van der Waals surface area (Å²) < 4.78 is 5.14. The van der Waals surface area contributed by atoms with Crippen molar-refractivity contribution >= 4 is 23.3 Å². The third-order valence-corrected chi connectivity index (χ3v) is 5.36. The van der Waals surface area contributed by atoms with Crippen LogP contribution in [0, 0.1) is 5.92 Å². The standard InChI is InChI=1S/C21H20ClNO2/c1-2-25-21(24)14-8-11-19-18(12-14)16-4-3-5-17(16)20(23-19)13-6-9-15(22)10-7-13/h3-4,6-12,16-17,20,23H,2,5H2,1H3/t16-,17+,20-/m0/s1. The molecule has 3 atom stereocenters. The van der Waals surface area contributed by atoms with E-state index >= 15 is 0 Å². The molecule has 0 unspecified atom stereocenters. The lowest BCUT2D eigenvalue weighted by Gasteiger charge is -2.37. The second-order valence-corrected chi connectivity index (χ2v) is 6.99. The first-order valence-electron chi connectivity index (χ1n) is 8.67. The van der Waals surface area contributed by atoms with Crippen molar-refractivity contribution in [1.29, 1.82) is 0 Å². The largest absolute Gasteiger partial charge is 0.462 e. The zero-order valence-corrected chi connectivity index (χ0v) is 14.8. The molecule has 1 heterocycles. The molecule has 0 saturated heterocycles. The van der Waals surface area contributed by atoms with Crippen LogP contribution in [0.25, 0.3) is 0 Å². The molecule has 0 spiro atoms. The Kier molecular flexibility index (Phi) is 4.26. The van der Waals surface area contributed by atoms with E-state index in [2.05, 4.69) is 29.6 Å². The predicted molar refractivity (Wildman–Crippen MR) is 100 cm³/mol. The van der Waals surface area contributed by atoms with Crippen molar-refractivity contribution in [2.24, 2.45) is 5.92 Å². The third kappa shape index (κ3) is 2.93. The Labute approximate surface area is 152 Å². The molecule has 4 rings (SSSR count). The van der Waals surface area contributed by atoms with Crippen LogP contribution in [0.4, 0.5) is 5.69 Å². The molecule has 0 saturated carbocycles. The molecule has 2 aliphatic rings. The number of anilines is 1. The zero-order valence-electron chi connectivity index (χ0n) is 14.0. The van der Waals surface area contributed by atoms with Crippen molar-refractivity contribution in [3.8, 4) is 0 Å². The summed E-state index contributed by atoms with van der Waals surface area (Å²) in [5.74, 6) is 0.487. The van der Waals surface area contributed by atoms with Crippen LogP contribution in [0.5, 0.6) is 0 Å². The first kappa shape index (κ1) is 16.2. The Bertz CT molecular complexity index is 828. The molecule has 0 aromatic heterocycles. The Balaban J connectivity index is 1.71. The van der Waals surface area contributed by atoms with Crippen molar-refractivity contribution in [3.05, 3.63) is 76.3 Å². The van der Waals surface area contributed by atoms with Crippen LogP contribution in [0.15, 0.2) is 54.6 Å². The minimum Gasteiger partial charge on any atom is -0.462 e. The summed E-state index contributed by atoms with van der Waals surface area (Å²) in [6.45, 7) is 2.21. The number of ether oxygens (including phenoxy) is 1. The van der Waals surface area contributed by atoms with Gasteiger partial charge in [-0.3, -0.25) is 0 Å². The van der Waals surface area contributed by atoms with Crippen LogP contribution >= 0.6 is 11.6 Å². The van der Waals surface area contributed by atoms with E-state index in [1.165, 1.54) is 11.1 Å². The highest BCUT2D eigenvalue weighted by atomic mass is 35.5. The van der Waals surface area contributed by atoms with Crippen LogP contribution in [0.2, 0.25) is 5.02 Å². The summed E-state index contributed by atoms with van der Waals surface area (Å²) in [6, 6.07) is 14.1.